The standard InChI is InChI=1S/C7H12F2N2O/c8-6(9)7(12)11-4-3-10-5-1-2-5/h5-6,10H,1-4H2,(H,11,12). The summed E-state index contributed by atoms with van der Waals surface area (Å²) >= 11 is 0. The highest BCUT2D eigenvalue weighted by Gasteiger charge is 2.20. The summed E-state index contributed by atoms with van der Waals surface area (Å²) in [4.78, 5) is 10.3. The maximum Gasteiger partial charge on any atom is 0.315 e. The van der Waals surface area contributed by atoms with Crippen LogP contribution in [0.25, 0.3) is 0 Å². The van der Waals surface area contributed by atoms with E-state index in [0.717, 1.165) is 12.8 Å². The summed E-state index contributed by atoms with van der Waals surface area (Å²) in [6.45, 7) is 0.850. The van der Waals surface area contributed by atoms with Crippen molar-refractivity contribution in [1.29, 1.82) is 0 Å². The van der Waals surface area contributed by atoms with Crippen molar-refractivity contribution < 1.29 is 13.6 Å². The second-order valence-electron chi connectivity index (χ2n) is 2.82. The molecule has 1 saturated carbocycles. The first kappa shape index (κ1) is 9.38. The number of rotatable bonds is 5. The molecular weight excluding hydrogens is 166 g/mol. The quantitative estimate of drug-likeness (QED) is 0.587. The van der Waals surface area contributed by atoms with Gasteiger partial charge in [0.1, 0.15) is 0 Å². The Labute approximate surface area is 69.5 Å². The van der Waals surface area contributed by atoms with Crippen molar-refractivity contribution in [2.24, 2.45) is 0 Å². The van der Waals surface area contributed by atoms with E-state index in [9.17, 15) is 13.6 Å². The van der Waals surface area contributed by atoms with Gasteiger partial charge < -0.3 is 10.6 Å². The molecule has 0 aromatic rings. The maximum atomic E-state index is 11.6. The molecule has 0 heterocycles. The van der Waals surface area contributed by atoms with Gasteiger partial charge >= 0.3 is 6.43 Å². The molecule has 2 N–H and O–H groups in total. The third-order valence-corrected chi connectivity index (χ3v) is 1.63. The molecule has 1 aliphatic rings. The van der Waals surface area contributed by atoms with Crippen LogP contribution in [-0.2, 0) is 4.79 Å². The molecule has 1 aliphatic carbocycles. The van der Waals surface area contributed by atoms with E-state index in [1.54, 1.807) is 0 Å². The van der Waals surface area contributed by atoms with Gasteiger partial charge in [-0.2, -0.15) is 8.78 Å². The molecule has 12 heavy (non-hydrogen) atoms. The largest absolute Gasteiger partial charge is 0.350 e. The van der Waals surface area contributed by atoms with E-state index in [0.29, 0.717) is 12.6 Å². The number of nitrogens with one attached hydrogen (secondary N) is 2. The predicted octanol–water partition coefficient (Wildman–Crippen LogP) is 0.120. The van der Waals surface area contributed by atoms with Gasteiger partial charge in [-0.15, -0.1) is 0 Å². The van der Waals surface area contributed by atoms with Crippen molar-refractivity contribution in [2.75, 3.05) is 13.1 Å². The van der Waals surface area contributed by atoms with Crippen LogP contribution >= 0.6 is 0 Å². The molecule has 0 aromatic heterocycles. The van der Waals surface area contributed by atoms with Crippen LogP contribution in [-0.4, -0.2) is 31.5 Å². The maximum absolute atomic E-state index is 11.6. The molecule has 1 amide bonds. The van der Waals surface area contributed by atoms with Gasteiger partial charge in [-0.1, -0.05) is 0 Å². The molecule has 0 atom stereocenters. The molecule has 0 bridgehead atoms. The van der Waals surface area contributed by atoms with E-state index < -0.39 is 12.3 Å². The summed E-state index contributed by atoms with van der Waals surface area (Å²) < 4.78 is 23.2. The Morgan fingerprint density at radius 2 is 2.08 bits per heavy atom. The Morgan fingerprint density at radius 3 is 2.58 bits per heavy atom. The lowest BCUT2D eigenvalue weighted by Gasteiger charge is -2.04. The van der Waals surface area contributed by atoms with Gasteiger partial charge in [0.2, 0.25) is 0 Å². The molecule has 5 heteroatoms. The molecular formula is C7H12F2N2O. The normalized spacial score (nSPS) is 16.6. The second kappa shape index (κ2) is 4.35. The van der Waals surface area contributed by atoms with Crippen molar-refractivity contribution >= 4 is 5.91 Å². The summed E-state index contributed by atoms with van der Waals surface area (Å²) in [5, 5.41) is 5.21. The third-order valence-electron chi connectivity index (χ3n) is 1.63. The molecule has 0 radical (unpaired) electrons. The summed E-state index contributed by atoms with van der Waals surface area (Å²) in [7, 11) is 0. The van der Waals surface area contributed by atoms with Crippen molar-refractivity contribution in [3.63, 3.8) is 0 Å². The number of hydrogen-bond acceptors (Lipinski definition) is 2. The van der Waals surface area contributed by atoms with Crippen LogP contribution in [0.3, 0.4) is 0 Å². The van der Waals surface area contributed by atoms with E-state index in [1.165, 1.54) is 0 Å². The minimum absolute atomic E-state index is 0.277. The van der Waals surface area contributed by atoms with Gasteiger partial charge in [0.15, 0.2) is 0 Å². The first-order valence-corrected chi connectivity index (χ1v) is 3.99. The number of carbonyl (C=O) groups is 1. The third kappa shape index (κ3) is 3.61. The fourth-order valence-electron chi connectivity index (χ4n) is 0.827. The van der Waals surface area contributed by atoms with Crippen molar-refractivity contribution in [3.8, 4) is 0 Å². The van der Waals surface area contributed by atoms with E-state index in [2.05, 4.69) is 10.6 Å². The molecule has 1 fully saturated rings. The fraction of sp³-hybridized carbons (Fsp3) is 0.857. The number of hydrogen-bond donors (Lipinski definition) is 2. The van der Waals surface area contributed by atoms with Gasteiger partial charge in [-0.3, -0.25) is 4.79 Å². The van der Waals surface area contributed by atoms with Gasteiger partial charge in [0.05, 0.1) is 0 Å². The highest BCUT2D eigenvalue weighted by Crippen LogP contribution is 2.17. The molecule has 0 aromatic carbocycles. The molecule has 1 rings (SSSR count). The average molecular weight is 178 g/mol. The highest BCUT2D eigenvalue weighted by atomic mass is 19.3. The Bertz CT molecular complexity index is 159. The lowest BCUT2D eigenvalue weighted by atomic mass is 10.5. The van der Waals surface area contributed by atoms with Crippen LogP contribution in [0.15, 0.2) is 0 Å². The van der Waals surface area contributed by atoms with Crippen LogP contribution in [0.2, 0.25) is 0 Å². The molecule has 3 nitrogen and oxygen atoms in total. The van der Waals surface area contributed by atoms with E-state index in [4.69, 9.17) is 0 Å². The molecule has 0 aliphatic heterocycles. The number of halogens is 2. The van der Waals surface area contributed by atoms with Crippen LogP contribution in [0.4, 0.5) is 8.78 Å². The van der Waals surface area contributed by atoms with E-state index in [1.807, 2.05) is 0 Å². The Kier molecular flexibility index (Phi) is 3.40. The van der Waals surface area contributed by atoms with Crippen LogP contribution in [0.5, 0.6) is 0 Å². The van der Waals surface area contributed by atoms with Crippen LogP contribution < -0.4 is 10.6 Å². The molecule has 0 spiro atoms. The first-order valence-electron chi connectivity index (χ1n) is 3.99. The van der Waals surface area contributed by atoms with Gasteiger partial charge in [0, 0.05) is 19.1 Å². The number of amides is 1. The first-order chi connectivity index (χ1) is 5.70. The molecule has 70 valence electrons. The predicted molar refractivity (Wildman–Crippen MR) is 40.0 cm³/mol. The summed E-state index contributed by atoms with van der Waals surface area (Å²) in [5.41, 5.74) is 0. The van der Waals surface area contributed by atoms with Gasteiger partial charge in [0.25, 0.3) is 5.91 Å². The summed E-state index contributed by atoms with van der Waals surface area (Å²) in [6, 6.07) is 0.549. The summed E-state index contributed by atoms with van der Waals surface area (Å²) in [6.07, 6.45) is -0.586. The van der Waals surface area contributed by atoms with Crippen LogP contribution in [0.1, 0.15) is 12.8 Å². The van der Waals surface area contributed by atoms with Gasteiger partial charge in [-0.25, -0.2) is 0 Å². The number of carbonyl (C=O) groups excluding carboxylic acids is 1. The zero-order valence-electron chi connectivity index (χ0n) is 6.65. The van der Waals surface area contributed by atoms with E-state index >= 15 is 0 Å². The zero-order valence-corrected chi connectivity index (χ0v) is 6.65. The topological polar surface area (TPSA) is 41.1 Å². The number of alkyl halides is 2. The Hall–Kier alpha value is -0.710. The highest BCUT2D eigenvalue weighted by molar-refractivity contribution is 5.78. The minimum Gasteiger partial charge on any atom is -0.350 e. The molecule has 0 unspecified atom stereocenters. The van der Waals surface area contributed by atoms with E-state index in [-0.39, 0.29) is 6.54 Å². The smallest absolute Gasteiger partial charge is 0.315 e. The Balaban J connectivity index is 1.90. The average Bonchev–Trinajstić information content (AvgIpc) is 2.80. The SMILES string of the molecule is O=C(NCCNC1CC1)C(F)F. The lowest BCUT2D eigenvalue weighted by molar-refractivity contribution is -0.131. The second-order valence-corrected chi connectivity index (χ2v) is 2.82. The zero-order chi connectivity index (χ0) is 8.97. The minimum atomic E-state index is -2.90. The lowest BCUT2D eigenvalue weighted by Crippen LogP contribution is -2.35. The van der Waals surface area contributed by atoms with Crippen molar-refractivity contribution in [3.05, 3.63) is 0 Å². The monoisotopic (exact) mass is 178 g/mol. The fourth-order valence-corrected chi connectivity index (χ4v) is 0.827. The van der Waals surface area contributed by atoms with Crippen molar-refractivity contribution in [2.45, 2.75) is 25.3 Å². The summed E-state index contributed by atoms with van der Waals surface area (Å²) in [5.74, 6) is -1.19. The van der Waals surface area contributed by atoms with Gasteiger partial charge in [-0.05, 0) is 12.8 Å². The van der Waals surface area contributed by atoms with Crippen LogP contribution in [0, 0.1) is 0 Å². The Morgan fingerprint density at radius 1 is 1.42 bits per heavy atom. The van der Waals surface area contributed by atoms with Crippen molar-refractivity contribution in [1.82, 2.24) is 10.6 Å². The molecule has 0 saturated heterocycles.